The third-order valence-corrected chi connectivity index (χ3v) is 4.65. The van der Waals surface area contributed by atoms with E-state index in [9.17, 15) is 4.79 Å². The van der Waals surface area contributed by atoms with Crippen LogP contribution in [0.3, 0.4) is 0 Å². The third-order valence-electron chi connectivity index (χ3n) is 4.65. The molecule has 116 valence electrons. The Labute approximate surface area is 123 Å². The Morgan fingerprint density at radius 3 is 2.70 bits per heavy atom. The van der Waals surface area contributed by atoms with Gasteiger partial charge in [-0.3, -0.25) is 4.79 Å². The highest BCUT2D eigenvalue weighted by Crippen LogP contribution is 2.37. The number of ether oxygens (including phenoxy) is 1. The van der Waals surface area contributed by atoms with Gasteiger partial charge in [-0.15, -0.1) is 0 Å². The van der Waals surface area contributed by atoms with Crippen molar-refractivity contribution in [3.8, 4) is 0 Å². The molecule has 0 bridgehead atoms. The lowest BCUT2D eigenvalue weighted by atomic mass is 9.69. The van der Waals surface area contributed by atoms with Crippen LogP contribution in [0, 0.1) is 11.3 Å². The van der Waals surface area contributed by atoms with E-state index in [2.05, 4.69) is 31.4 Å². The largest absolute Gasteiger partial charge is 0.378 e. The molecule has 2 aliphatic rings. The molecule has 1 saturated heterocycles. The van der Waals surface area contributed by atoms with E-state index in [0.29, 0.717) is 25.0 Å². The van der Waals surface area contributed by atoms with Gasteiger partial charge < -0.3 is 15.4 Å². The number of amides is 1. The Morgan fingerprint density at radius 2 is 2.05 bits per heavy atom. The zero-order valence-electron chi connectivity index (χ0n) is 13.2. The first-order valence-electron chi connectivity index (χ1n) is 8.07. The molecule has 1 aliphatic heterocycles. The number of hydrogen-bond acceptors (Lipinski definition) is 3. The molecule has 0 spiro atoms. The first-order valence-corrected chi connectivity index (χ1v) is 8.07. The number of carbonyl (C=O) groups is 1. The van der Waals surface area contributed by atoms with Gasteiger partial charge in [0.1, 0.15) is 0 Å². The number of carbonyl (C=O) groups excluding carboxylic acids is 1. The minimum Gasteiger partial charge on any atom is -0.378 e. The van der Waals surface area contributed by atoms with Crippen molar-refractivity contribution in [3.63, 3.8) is 0 Å². The van der Waals surface area contributed by atoms with Crippen LogP contribution in [0.4, 0.5) is 0 Å². The summed E-state index contributed by atoms with van der Waals surface area (Å²) >= 11 is 0. The maximum Gasteiger partial charge on any atom is 0.221 e. The van der Waals surface area contributed by atoms with E-state index in [1.807, 2.05) is 0 Å². The molecule has 1 saturated carbocycles. The highest BCUT2D eigenvalue weighted by Gasteiger charge is 2.35. The Balaban J connectivity index is 1.84. The van der Waals surface area contributed by atoms with Crippen LogP contribution in [0.25, 0.3) is 0 Å². The van der Waals surface area contributed by atoms with Gasteiger partial charge >= 0.3 is 0 Å². The van der Waals surface area contributed by atoms with Crippen LogP contribution in [-0.2, 0) is 9.53 Å². The Bertz CT molecular complexity index is 319. The summed E-state index contributed by atoms with van der Waals surface area (Å²) in [5.74, 6) is 0.768. The van der Waals surface area contributed by atoms with E-state index in [-0.39, 0.29) is 17.4 Å². The molecule has 20 heavy (non-hydrogen) atoms. The Hall–Kier alpha value is -0.610. The molecule has 2 rings (SSSR count). The molecule has 3 unspecified atom stereocenters. The summed E-state index contributed by atoms with van der Waals surface area (Å²) in [6, 6.07) is 0.529. The average molecular weight is 282 g/mol. The molecule has 0 radical (unpaired) electrons. The standard InChI is InChI=1S/C16H30N2O2/c1-16(2,3)13-6-4-5-7-14(13)18-15(19)10-12-11-20-9-8-17-12/h12-14,17H,4-11H2,1-3H3,(H,18,19). The lowest BCUT2D eigenvalue weighted by Crippen LogP contribution is -2.49. The summed E-state index contributed by atoms with van der Waals surface area (Å²) in [6.07, 6.45) is 5.43. The summed E-state index contributed by atoms with van der Waals surface area (Å²) in [6.45, 7) is 9.13. The fourth-order valence-electron chi connectivity index (χ4n) is 3.58. The van der Waals surface area contributed by atoms with Gasteiger partial charge in [-0.2, -0.15) is 0 Å². The van der Waals surface area contributed by atoms with Crippen molar-refractivity contribution in [2.75, 3.05) is 19.8 Å². The molecule has 0 aromatic rings. The Morgan fingerprint density at radius 1 is 1.30 bits per heavy atom. The van der Waals surface area contributed by atoms with Gasteiger partial charge in [-0.1, -0.05) is 33.6 Å². The van der Waals surface area contributed by atoms with Gasteiger partial charge in [-0.05, 0) is 24.2 Å². The molecule has 1 heterocycles. The van der Waals surface area contributed by atoms with Gasteiger partial charge in [0, 0.05) is 25.0 Å². The minimum absolute atomic E-state index is 0.175. The number of morpholine rings is 1. The van der Waals surface area contributed by atoms with Crippen molar-refractivity contribution in [1.29, 1.82) is 0 Å². The summed E-state index contributed by atoms with van der Waals surface area (Å²) in [5.41, 5.74) is 0.268. The van der Waals surface area contributed by atoms with Gasteiger partial charge in [0.05, 0.1) is 13.2 Å². The topological polar surface area (TPSA) is 50.4 Å². The van der Waals surface area contributed by atoms with Gasteiger partial charge in [0.25, 0.3) is 0 Å². The lowest BCUT2D eigenvalue weighted by Gasteiger charge is -2.41. The zero-order chi connectivity index (χ0) is 14.6. The second-order valence-electron chi connectivity index (χ2n) is 7.36. The predicted molar refractivity (Wildman–Crippen MR) is 80.6 cm³/mol. The summed E-state index contributed by atoms with van der Waals surface area (Å²) in [7, 11) is 0. The highest BCUT2D eigenvalue weighted by atomic mass is 16.5. The first kappa shape index (κ1) is 15.8. The molecule has 3 atom stereocenters. The summed E-state index contributed by atoms with van der Waals surface area (Å²) in [4.78, 5) is 12.2. The molecule has 0 aromatic carbocycles. The molecule has 2 fully saturated rings. The van der Waals surface area contributed by atoms with Crippen molar-refractivity contribution in [2.45, 2.75) is 65.0 Å². The molecule has 4 heteroatoms. The van der Waals surface area contributed by atoms with E-state index in [4.69, 9.17) is 4.74 Å². The highest BCUT2D eigenvalue weighted by molar-refractivity contribution is 5.77. The van der Waals surface area contributed by atoms with E-state index in [0.717, 1.165) is 19.6 Å². The van der Waals surface area contributed by atoms with Crippen molar-refractivity contribution in [2.24, 2.45) is 11.3 Å². The second-order valence-corrected chi connectivity index (χ2v) is 7.36. The number of hydrogen-bond donors (Lipinski definition) is 2. The lowest BCUT2D eigenvalue weighted by molar-refractivity contribution is -0.124. The Kier molecular flexibility index (Phi) is 5.44. The van der Waals surface area contributed by atoms with E-state index < -0.39 is 0 Å². The first-order chi connectivity index (χ1) is 9.47. The van der Waals surface area contributed by atoms with Crippen LogP contribution in [0.15, 0.2) is 0 Å². The second kappa shape index (κ2) is 6.90. The van der Waals surface area contributed by atoms with E-state index in [1.165, 1.54) is 19.3 Å². The van der Waals surface area contributed by atoms with Crippen LogP contribution in [0.1, 0.15) is 52.9 Å². The molecular weight excluding hydrogens is 252 g/mol. The molecule has 4 nitrogen and oxygen atoms in total. The van der Waals surface area contributed by atoms with Crippen LogP contribution >= 0.6 is 0 Å². The number of nitrogens with one attached hydrogen (secondary N) is 2. The maximum absolute atomic E-state index is 12.2. The van der Waals surface area contributed by atoms with E-state index >= 15 is 0 Å². The fourth-order valence-corrected chi connectivity index (χ4v) is 3.58. The third kappa shape index (κ3) is 4.45. The molecular formula is C16H30N2O2. The normalized spacial score (nSPS) is 31.9. The monoisotopic (exact) mass is 282 g/mol. The SMILES string of the molecule is CC(C)(C)C1CCCCC1NC(=O)CC1COCCN1. The van der Waals surface area contributed by atoms with Crippen LogP contribution in [0.5, 0.6) is 0 Å². The van der Waals surface area contributed by atoms with Gasteiger partial charge in [0.2, 0.25) is 5.91 Å². The fraction of sp³-hybridized carbons (Fsp3) is 0.938. The molecule has 0 aromatic heterocycles. The number of rotatable bonds is 3. The smallest absolute Gasteiger partial charge is 0.221 e. The van der Waals surface area contributed by atoms with Crippen LogP contribution < -0.4 is 10.6 Å². The van der Waals surface area contributed by atoms with Crippen molar-refractivity contribution < 1.29 is 9.53 Å². The van der Waals surface area contributed by atoms with Crippen molar-refractivity contribution in [3.05, 3.63) is 0 Å². The van der Waals surface area contributed by atoms with Gasteiger partial charge in [-0.25, -0.2) is 0 Å². The molecule has 1 amide bonds. The average Bonchev–Trinajstić information content (AvgIpc) is 2.39. The van der Waals surface area contributed by atoms with Crippen LogP contribution in [-0.4, -0.2) is 37.7 Å². The quantitative estimate of drug-likeness (QED) is 0.833. The maximum atomic E-state index is 12.2. The van der Waals surface area contributed by atoms with Crippen LogP contribution in [0.2, 0.25) is 0 Å². The summed E-state index contributed by atoms with van der Waals surface area (Å²) < 4.78 is 5.41. The van der Waals surface area contributed by atoms with Crippen molar-refractivity contribution >= 4 is 5.91 Å². The minimum atomic E-state index is 0.175. The van der Waals surface area contributed by atoms with Gasteiger partial charge in [0.15, 0.2) is 0 Å². The summed E-state index contributed by atoms with van der Waals surface area (Å²) in [5, 5.41) is 6.63. The zero-order valence-corrected chi connectivity index (χ0v) is 13.2. The predicted octanol–water partition coefficient (Wildman–Crippen LogP) is 2.09. The van der Waals surface area contributed by atoms with E-state index in [1.54, 1.807) is 0 Å². The molecule has 1 aliphatic carbocycles. The van der Waals surface area contributed by atoms with Crippen molar-refractivity contribution in [1.82, 2.24) is 10.6 Å². The molecule has 2 N–H and O–H groups in total.